The van der Waals surface area contributed by atoms with E-state index in [2.05, 4.69) is 0 Å². The number of alkyl halides is 3. The van der Waals surface area contributed by atoms with Gasteiger partial charge >= 0.3 is 6.18 Å². The molecule has 0 bridgehead atoms. The molecule has 0 saturated heterocycles. The molecule has 2 rings (SSSR count). The van der Waals surface area contributed by atoms with Gasteiger partial charge in [0, 0.05) is 5.02 Å². The summed E-state index contributed by atoms with van der Waals surface area (Å²) in [5, 5.41) is 0.639. The number of hydrogen-bond acceptors (Lipinski definition) is 0. The molecule has 0 aliphatic rings. The van der Waals surface area contributed by atoms with E-state index < -0.39 is 11.7 Å². The lowest BCUT2D eigenvalue weighted by Crippen LogP contribution is -2.04. The number of aryl methyl sites for hydroxylation is 1. The summed E-state index contributed by atoms with van der Waals surface area (Å²) in [6.07, 6.45) is -3.77. The Morgan fingerprint density at radius 3 is 2.16 bits per heavy atom. The second-order valence-electron chi connectivity index (χ2n) is 4.47. The van der Waals surface area contributed by atoms with Gasteiger partial charge in [0.2, 0.25) is 0 Å². The molecule has 2 aromatic rings. The monoisotopic (exact) mass is 284 g/mol. The zero-order valence-corrected chi connectivity index (χ0v) is 11.0. The van der Waals surface area contributed by atoms with Crippen molar-refractivity contribution >= 4 is 11.6 Å². The Hall–Kier alpha value is -1.48. The van der Waals surface area contributed by atoms with Crippen LogP contribution in [0.1, 0.15) is 22.3 Å². The summed E-state index contributed by atoms with van der Waals surface area (Å²) in [7, 11) is 0. The van der Waals surface area contributed by atoms with Crippen LogP contribution in [0.25, 0.3) is 0 Å². The molecule has 0 unspecified atom stereocenters. The standard InChI is InChI=1S/C15H12ClF3/c1-10-2-5-12(14(16)8-10)9-11-3-6-13(7-4-11)15(17,18)19/h2-8H,9H2,1H3. The topological polar surface area (TPSA) is 0 Å². The van der Waals surface area contributed by atoms with Crippen LogP contribution in [0, 0.1) is 6.92 Å². The molecule has 0 aliphatic carbocycles. The lowest BCUT2D eigenvalue weighted by Gasteiger charge is -2.09. The molecule has 0 aliphatic heterocycles. The van der Waals surface area contributed by atoms with Crippen LogP contribution in [0.15, 0.2) is 42.5 Å². The van der Waals surface area contributed by atoms with Crippen LogP contribution < -0.4 is 0 Å². The van der Waals surface area contributed by atoms with Crippen molar-refractivity contribution in [3.8, 4) is 0 Å². The van der Waals surface area contributed by atoms with Crippen LogP contribution in [0.4, 0.5) is 13.2 Å². The normalized spacial score (nSPS) is 11.6. The molecule has 0 amide bonds. The Labute approximate surface area is 114 Å². The Morgan fingerprint density at radius 1 is 1.00 bits per heavy atom. The van der Waals surface area contributed by atoms with Gasteiger partial charge in [-0.15, -0.1) is 0 Å². The SMILES string of the molecule is Cc1ccc(Cc2ccc(C(F)(F)F)cc2)c(Cl)c1. The molecular formula is C15H12ClF3. The molecule has 0 radical (unpaired) electrons. The largest absolute Gasteiger partial charge is 0.416 e. The van der Waals surface area contributed by atoms with Gasteiger partial charge in [-0.1, -0.05) is 35.9 Å². The average molecular weight is 285 g/mol. The van der Waals surface area contributed by atoms with Gasteiger partial charge in [-0.2, -0.15) is 13.2 Å². The van der Waals surface area contributed by atoms with E-state index in [1.165, 1.54) is 12.1 Å². The first-order chi connectivity index (χ1) is 8.86. The molecule has 0 spiro atoms. The third-order valence-corrected chi connectivity index (χ3v) is 3.24. The minimum atomic E-state index is -4.29. The van der Waals surface area contributed by atoms with Crippen molar-refractivity contribution in [2.24, 2.45) is 0 Å². The summed E-state index contributed by atoms with van der Waals surface area (Å²) in [5.41, 5.74) is 2.14. The van der Waals surface area contributed by atoms with Crippen LogP contribution in [-0.2, 0) is 12.6 Å². The van der Waals surface area contributed by atoms with Gasteiger partial charge in [0.05, 0.1) is 5.56 Å². The summed E-state index contributed by atoms with van der Waals surface area (Å²) in [6, 6.07) is 10.8. The number of benzene rings is 2. The van der Waals surface area contributed by atoms with Crippen LogP contribution in [0.5, 0.6) is 0 Å². The number of hydrogen-bond donors (Lipinski definition) is 0. The highest BCUT2D eigenvalue weighted by Gasteiger charge is 2.29. The van der Waals surface area contributed by atoms with Crippen molar-refractivity contribution in [2.45, 2.75) is 19.5 Å². The lowest BCUT2D eigenvalue weighted by molar-refractivity contribution is -0.137. The maximum absolute atomic E-state index is 12.4. The quantitative estimate of drug-likeness (QED) is 0.706. The van der Waals surface area contributed by atoms with E-state index in [-0.39, 0.29) is 0 Å². The predicted octanol–water partition coefficient (Wildman–Crippen LogP) is 5.26. The van der Waals surface area contributed by atoms with Crippen molar-refractivity contribution < 1.29 is 13.2 Å². The van der Waals surface area contributed by atoms with Gasteiger partial charge in [0.1, 0.15) is 0 Å². The Morgan fingerprint density at radius 2 is 1.63 bits per heavy atom. The van der Waals surface area contributed by atoms with Gasteiger partial charge < -0.3 is 0 Å². The second kappa shape index (κ2) is 5.25. The fourth-order valence-corrected chi connectivity index (χ4v) is 2.13. The van der Waals surface area contributed by atoms with Crippen LogP contribution in [0.2, 0.25) is 5.02 Å². The predicted molar refractivity (Wildman–Crippen MR) is 70.4 cm³/mol. The first-order valence-corrected chi connectivity index (χ1v) is 6.15. The maximum Gasteiger partial charge on any atom is 0.416 e. The van der Waals surface area contributed by atoms with E-state index in [0.29, 0.717) is 11.4 Å². The Bertz CT molecular complexity index is 571. The fraction of sp³-hybridized carbons (Fsp3) is 0.200. The highest BCUT2D eigenvalue weighted by molar-refractivity contribution is 6.31. The number of halogens is 4. The molecule has 0 atom stereocenters. The maximum atomic E-state index is 12.4. The molecule has 4 heteroatoms. The van der Waals surface area contributed by atoms with Gasteiger partial charge in [-0.05, 0) is 48.2 Å². The molecule has 0 heterocycles. The van der Waals surface area contributed by atoms with Crippen molar-refractivity contribution in [1.82, 2.24) is 0 Å². The van der Waals surface area contributed by atoms with Gasteiger partial charge in [-0.3, -0.25) is 0 Å². The van der Waals surface area contributed by atoms with E-state index in [0.717, 1.165) is 28.8 Å². The molecule has 2 aromatic carbocycles. The summed E-state index contributed by atoms with van der Waals surface area (Å²) in [6.45, 7) is 1.94. The molecule has 0 saturated carbocycles. The van der Waals surface area contributed by atoms with E-state index in [9.17, 15) is 13.2 Å². The minimum Gasteiger partial charge on any atom is -0.166 e. The number of rotatable bonds is 2. The van der Waals surface area contributed by atoms with Crippen LogP contribution in [0.3, 0.4) is 0 Å². The van der Waals surface area contributed by atoms with Crippen molar-refractivity contribution in [3.63, 3.8) is 0 Å². The molecule has 0 nitrogen and oxygen atoms in total. The first kappa shape index (κ1) is 13.9. The minimum absolute atomic E-state index is 0.525. The smallest absolute Gasteiger partial charge is 0.166 e. The van der Waals surface area contributed by atoms with E-state index >= 15 is 0 Å². The van der Waals surface area contributed by atoms with E-state index in [1.807, 2.05) is 25.1 Å². The second-order valence-corrected chi connectivity index (χ2v) is 4.87. The van der Waals surface area contributed by atoms with Gasteiger partial charge in [-0.25, -0.2) is 0 Å². The van der Waals surface area contributed by atoms with Gasteiger partial charge in [0.15, 0.2) is 0 Å². The molecule has 0 fully saturated rings. The summed E-state index contributed by atoms with van der Waals surface area (Å²) in [4.78, 5) is 0. The Balaban J connectivity index is 2.20. The van der Waals surface area contributed by atoms with Crippen molar-refractivity contribution in [3.05, 3.63) is 69.7 Å². The Kier molecular flexibility index (Phi) is 3.85. The van der Waals surface area contributed by atoms with E-state index in [4.69, 9.17) is 11.6 Å². The van der Waals surface area contributed by atoms with Crippen molar-refractivity contribution in [2.75, 3.05) is 0 Å². The summed E-state index contributed by atoms with van der Waals surface area (Å²) in [5.74, 6) is 0. The summed E-state index contributed by atoms with van der Waals surface area (Å²) >= 11 is 6.10. The zero-order chi connectivity index (χ0) is 14.0. The summed E-state index contributed by atoms with van der Waals surface area (Å²) < 4.78 is 37.3. The highest BCUT2D eigenvalue weighted by atomic mass is 35.5. The molecular weight excluding hydrogens is 273 g/mol. The third kappa shape index (κ3) is 3.51. The lowest BCUT2D eigenvalue weighted by atomic mass is 10.0. The van der Waals surface area contributed by atoms with Gasteiger partial charge in [0.25, 0.3) is 0 Å². The van der Waals surface area contributed by atoms with Crippen molar-refractivity contribution in [1.29, 1.82) is 0 Å². The van der Waals surface area contributed by atoms with E-state index in [1.54, 1.807) is 0 Å². The molecule has 0 N–H and O–H groups in total. The zero-order valence-electron chi connectivity index (χ0n) is 10.3. The molecule has 0 aromatic heterocycles. The average Bonchev–Trinajstić information content (AvgIpc) is 2.32. The molecule has 100 valence electrons. The first-order valence-electron chi connectivity index (χ1n) is 5.77. The van der Waals surface area contributed by atoms with Crippen LogP contribution in [-0.4, -0.2) is 0 Å². The molecule has 19 heavy (non-hydrogen) atoms. The highest BCUT2D eigenvalue weighted by Crippen LogP contribution is 2.29. The fourth-order valence-electron chi connectivity index (χ4n) is 1.83. The van der Waals surface area contributed by atoms with Crippen LogP contribution >= 0.6 is 11.6 Å². The third-order valence-electron chi connectivity index (χ3n) is 2.88.